The molecule has 0 aliphatic heterocycles. The second-order valence-electron chi connectivity index (χ2n) is 2.30. The summed E-state index contributed by atoms with van der Waals surface area (Å²) >= 11 is 0. The lowest BCUT2D eigenvalue weighted by atomic mass is 10.7. The number of hydrogen-bond acceptors (Lipinski definition) is 0. The Morgan fingerprint density at radius 2 is 1.43 bits per heavy atom. The third-order valence-corrected chi connectivity index (χ3v) is 0.548. The van der Waals surface area contributed by atoms with Gasteiger partial charge in [-0.15, -0.1) is 0 Å². The van der Waals surface area contributed by atoms with Crippen LogP contribution in [0, 0.1) is 0 Å². The smallest absolute Gasteiger partial charge is 0.0879 e. The number of halogens is 1. The maximum atomic E-state index is 3.60. The van der Waals surface area contributed by atoms with Crippen LogP contribution in [0.2, 0.25) is 0 Å². The predicted octanol–water partition coefficient (Wildman–Crippen LogP) is -2.16. The van der Waals surface area contributed by atoms with Crippen molar-refractivity contribution in [2.75, 3.05) is 21.1 Å². The zero-order valence-corrected chi connectivity index (χ0v) is 5.87. The first-order valence-electron chi connectivity index (χ1n) is 2.01. The van der Waals surface area contributed by atoms with Gasteiger partial charge in [0.15, 0.2) is 0 Å². The van der Waals surface area contributed by atoms with Gasteiger partial charge < -0.3 is 16.9 Å². The van der Waals surface area contributed by atoms with Crippen molar-refractivity contribution in [2.24, 2.45) is 0 Å². The second-order valence-corrected chi connectivity index (χ2v) is 2.30. The van der Waals surface area contributed by atoms with Gasteiger partial charge in [-0.3, -0.25) is 0 Å². The molecule has 0 rings (SSSR count). The molecule has 0 amide bonds. The first-order chi connectivity index (χ1) is 2.56. The third-order valence-electron chi connectivity index (χ3n) is 0.548. The Hall–Kier alpha value is -0.0100. The Balaban J connectivity index is 0. The standard InChI is InChI=1S/C5H12N.ClH/c1-5-6(2,3)4;/h5H,1H2,2-4H3;1H/q+1;/p-1. The molecule has 0 saturated heterocycles. The monoisotopic (exact) mass is 121 g/mol. The number of rotatable bonds is 1. The highest BCUT2D eigenvalue weighted by molar-refractivity contribution is 4.46. The van der Waals surface area contributed by atoms with Gasteiger partial charge in [0.1, 0.15) is 0 Å². The zero-order valence-electron chi connectivity index (χ0n) is 5.11. The van der Waals surface area contributed by atoms with Crippen molar-refractivity contribution in [3.63, 3.8) is 0 Å². The van der Waals surface area contributed by atoms with E-state index in [4.69, 9.17) is 0 Å². The zero-order chi connectivity index (χ0) is 5.21. The van der Waals surface area contributed by atoms with Crippen LogP contribution in [0.5, 0.6) is 0 Å². The van der Waals surface area contributed by atoms with Gasteiger partial charge in [0.05, 0.1) is 27.3 Å². The molecule has 1 nitrogen and oxygen atoms in total. The minimum Gasteiger partial charge on any atom is -1.00 e. The van der Waals surface area contributed by atoms with Gasteiger partial charge in [-0.1, -0.05) is 0 Å². The highest BCUT2D eigenvalue weighted by Gasteiger charge is 1.94. The summed E-state index contributed by atoms with van der Waals surface area (Å²) in [6.07, 6.45) is 1.88. The van der Waals surface area contributed by atoms with E-state index in [1.54, 1.807) is 0 Å². The molecule has 0 aliphatic rings. The Kier molecular flexibility index (Phi) is 4.39. The Labute approximate surface area is 51.6 Å². The van der Waals surface area contributed by atoms with Crippen molar-refractivity contribution in [1.82, 2.24) is 0 Å². The van der Waals surface area contributed by atoms with E-state index in [2.05, 4.69) is 27.7 Å². The lowest BCUT2D eigenvalue weighted by Crippen LogP contribution is -3.00. The number of nitrogens with zero attached hydrogens (tertiary/aromatic N) is 1. The molecule has 0 fully saturated rings. The summed E-state index contributed by atoms with van der Waals surface area (Å²) in [6, 6.07) is 0. The molecule has 0 aromatic rings. The highest BCUT2D eigenvalue weighted by atomic mass is 35.5. The summed E-state index contributed by atoms with van der Waals surface area (Å²) in [5.41, 5.74) is 0. The molecule has 7 heavy (non-hydrogen) atoms. The van der Waals surface area contributed by atoms with Crippen LogP contribution in [0.3, 0.4) is 0 Å². The molecule has 0 saturated carbocycles. The Morgan fingerprint density at radius 3 is 1.43 bits per heavy atom. The Bertz CT molecular complexity index is 53.6. The van der Waals surface area contributed by atoms with E-state index in [0.29, 0.717) is 0 Å². The average Bonchev–Trinajstić information content (AvgIpc) is 1.35. The molecule has 0 radical (unpaired) electrons. The van der Waals surface area contributed by atoms with Crippen LogP contribution in [-0.4, -0.2) is 25.6 Å². The molecule has 0 spiro atoms. The number of quaternary nitrogens is 1. The lowest BCUT2D eigenvalue weighted by Gasteiger charge is -2.15. The van der Waals surface area contributed by atoms with Crippen LogP contribution in [0.25, 0.3) is 0 Å². The van der Waals surface area contributed by atoms with Crippen molar-refractivity contribution < 1.29 is 16.9 Å². The van der Waals surface area contributed by atoms with E-state index in [1.165, 1.54) is 0 Å². The minimum atomic E-state index is 0. The normalized spacial score (nSPS) is 9.57. The Morgan fingerprint density at radius 1 is 1.29 bits per heavy atom. The maximum Gasteiger partial charge on any atom is 0.0879 e. The van der Waals surface area contributed by atoms with Crippen LogP contribution in [-0.2, 0) is 0 Å². The third kappa shape index (κ3) is 10.7. The van der Waals surface area contributed by atoms with Crippen molar-refractivity contribution in [3.05, 3.63) is 12.8 Å². The van der Waals surface area contributed by atoms with Crippen LogP contribution >= 0.6 is 0 Å². The topological polar surface area (TPSA) is 0 Å². The quantitative estimate of drug-likeness (QED) is 0.347. The van der Waals surface area contributed by atoms with Crippen molar-refractivity contribution in [3.8, 4) is 0 Å². The van der Waals surface area contributed by atoms with Crippen LogP contribution in [0.4, 0.5) is 0 Å². The van der Waals surface area contributed by atoms with E-state index in [-0.39, 0.29) is 12.4 Å². The van der Waals surface area contributed by atoms with Crippen molar-refractivity contribution in [2.45, 2.75) is 0 Å². The van der Waals surface area contributed by atoms with Gasteiger partial charge in [-0.25, -0.2) is 0 Å². The largest absolute Gasteiger partial charge is 1.00 e. The average molecular weight is 122 g/mol. The van der Waals surface area contributed by atoms with Crippen molar-refractivity contribution >= 4 is 0 Å². The maximum absolute atomic E-state index is 3.60. The molecule has 0 aromatic heterocycles. The van der Waals surface area contributed by atoms with Gasteiger partial charge >= 0.3 is 0 Å². The molecular formula is C5H12ClN. The molecule has 0 N–H and O–H groups in total. The van der Waals surface area contributed by atoms with E-state index < -0.39 is 0 Å². The first-order valence-corrected chi connectivity index (χ1v) is 2.01. The summed E-state index contributed by atoms with van der Waals surface area (Å²) in [4.78, 5) is 0. The van der Waals surface area contributed by atoms with E-state index in [0.717, 1.165) is 4.48 Å². The predicted molar refractivity (Wildman–Crippen MR) is 28.2 cm³/mol. The number of hydrogen-bond donors (Lipinski definition) is 0. The van der Waals surface area contributed by atoms with Crippen LogP contribution in [0.1, 0.15) is 0 Å². The molecule has 0 atom stereocenters. The van der Waals surface area contributed by atoms with E-state index >= 15 is 0 Å². The SMILES string of the molecule is C=C[N+](C)(C)C.[Cl-]. The van der Waals surface area contributed by atoms with Gasteiger partial charge in [0, 0.05) is 0 Å². The molecule has 0 heterocycles. The molecule has 44 valence electrons. The molecular weight excluding hydrogens is 110 g/mol. The fraction of sp³-hybridized carbons (Fsp3) is 0.600. The summed E-state index contributed by atoms with van der Waals surface area (Å²) in [5, 5.41) is 0. The fourth-order valence-electron chi connectivity index (χ4n) is 0. The molecule has 0 bridgehead atoms. The van der Waals surface area contributed by atoms with Crippen LogP contribution < -0.4 is 12.4 Å². The molecule has 2 heteroatoms. The van der Waals surface area contributed by atoms with Gasteiger partial charge in [-0.05, 0) is 6.58 Å². The first kappa shape index (κ1) is 10.1. The molecule has 0 aromatic carbocycles. The van der Waals surface area contributed by atoms with E-state index in [1.807, 2.05) is 6.20 Å². The summed E-state index contributed by atoms with van der Waals surface area (Å²) in [6.45, 7) is 3.60. The van der Waals surface area contributed by atoms with Gasteiger partial charge in [-0.2, -0.15) is 0 Å². The van der Waals surface area contributed by atoms with Crippen LogP contribution in [0.15, 0.2) is 12.8 Å². The van der Waals surface area contributed by atoms with Crippen molar-refractivity contribution in [1.29, 1.82) is 0 Å². The summed E-state index contributed by atoms with van der Waals surface area (Å²) in [5.74, 6) is 0. The van der Waals surface area contributed by atoms with Gasteiger partial charge in [0.2, 0.25) is 0 Å². The summed E-state index contributed by atoms with van der Waals surface area (Å²) < 4.78 is 0.833. The molecule has 0 unspecified atom stereocenters. The summed E-state index contributed by atoms with van der Waals surface area (Å²) in [7, 11) is 6.19. The van der Waals surface area contributed by atoms with E-state index in [9.17, 15) is 0 Å². The fourth-order valence-corrected chi connectivity index (χ4v) is 0. The lowest BCUT2D eigenvalue weighted by molar-refractivity contribution is -0.816. The second kappa shape index (κ2) is 3.05. The highest BCUT2D eigenvalue weighted by Crippen LogP contribution is 1.85. The molecule has 0 aliphatic carbocycles. The minimum absolute atomic E-state index is 0. The van der Waals surface area contributed by atoms with Gasteiger partial charge in [0.25, 0.3) is 0 Å².